The number of nitrogens with zero attached hydrogens (tertiary/aromatic N) is 1. The molecule has 2 N–H and O–H groups in total. The summed E-state index contributed by atoms with van der Waals surface area (Å²) in [6, 6.07) is -0.116. The highest BCUT2D eigenvalue weighted by Gasteiger charge is 2.19. The van der Waals surface area contributed by atoms with Crippen LogP contribution in [0.2, 0.25) is 0 Å². The maximum absolute atomic E-state index is 6.02. The Labute approximate surface area is 81.2 Å². The standard InChI is InChI=1S/C9H12N2OS/c1-6-9(13-5-11-6)8(10)7-3-2-4-12-7/h3,5,8H,2,4,10H2,1H3. The van der Waals surface area contributed by atoms with Crippen LogP contribution in [0.3, 0.4) is 0 Å². The van der Waals surface area contributed by atoms with E-state index in [1.807, 2.05) is 12.4 Å². The molecule has 2 heterocycles. The maximum Gasteiger partial charge on any atom is 0.114 e. The second-order valence-electron chi connectivity index (χ2n) is 3.02. The Bertz CT molecular complexity index is 332. The molecule has 0 fully saturated rings. The van der Waals surface area contributed by atoms with Gasteiger partial charge in [-0.15, -0.1) is 11.3 Å². The first-order valence-electron chi connectivity index (χ1n) is 4.27. The van der Waals surface area contributed by atoms with Crippen molar-refractivity contribution in [3.8, 4) is 0 Å². The van der Waals surface area contributed by atoms with Crippen LogP contribution in [0.25, 0.3) is 0 Å². The molecule has 2 rings (SSSR count). The summed E-state index contributed by atoms with van der Waals surface area (Å²) in [5.74, 6) is 0.896. The van der Waals surface area contributed by atoms with Gasteiger partial charge in [0, 0.05) is 6.42 Å². The van der Waals surface area contributed by atoms with Crippen LogP contribution in [0.1, 0.15) is 23.0 Å². The number of thiazole rings is 1. The summed E-state index contributed by atoms with van der Waals surface area (Å²) in [4.78, 5) is 5.27. The van der Waals surface area contributed by atoms with E-state index in [0.29, 0.717) is 0 Å². The molecule has 0 spiro atoms. The summed E-state index contributed by atoms with van der Waals surface area (Å²) >= 11 is 1.59. The third-order valence-corrected chi connectivity index (χ3v) is 3.12. The lowest BCUT2D eigenvalue weighted by Crippen LogP contribution is -2.13. The molecule has 1 aliphatic rings. The summed E-state index contributed by atoms with van der Waals surface area (Å²) < 4.78 is 5.41. The summed E-state index contributed by atoms with van der Waals surface area (Å²) in [7, 11) is 0. The summed E-state index contributed by atoms with van der Waals surface area (Å²) in [6.07, 6.45) is 3.03. The van der Waals surface area contributed by atoms with E-state index in [-0.39, 0.29) is 6.04 Å². The van der Waals surface area contributed by atoms with Crippen LogP contribution in [0.15, 0.2) is 17.3 Å². The average molecular weight is 196 g/mol. The van der Waals surface area contributed by atoms with Gasteiger partial charge >= 0.3 is 0 Å². The summed E-state index contributed by atoms with van der Waals surface area (Å²) in [5, 5.41) is 0. The van der Waals surface area contributed by atoms with E-state index in [9.17, 15) is 0 Å². The molecule has 0 saturated carbocycles. The van der Waals surface area contributed by atoms with Crippen LogP contribution in [0.5, 0.6) is 0 Å². The zero-order chi connectivity index (χ0) is 9.26. The molecule has 0 radical (unpaired) electrons. The van der Waals surface area contributed by atoms with Crippen LogP contribution in [0.4, 0.5) is 0 Å². The second-order valence-corrected chi connectivity index (χ2v) is 3.91. The van der Waals surface area contributed by atoms with Crippen LogP contribution in [-0.4, -0.2) is 11.6 Å². The Morgan fingerprint density at radius 3 is 3.08 bits per heavy atom. The van der Waals surface area contributed by atoms with Gasteiger partial charge in [-0.2, -0.15) is 0 Å². The first kappa shape index (κ1) is 8.72. The molecular weight excluding hydrogens is 184 g/mol. The normalized spacial score (nSPS) is 18.2. The van der Waals surface area contributed by atoms with Crippen LogP contribution >= 0.6 is 11.3 Å². The van der Waals surface area contributed by atoms with Crippen LogP contribution in [-0.2, 0) is 4.74 Å². The van der Waals surface area contributed by atoms with Gasteiger partial charge in [0.1, 0.15) is 5.76 Å². The van der Waals surface area contributed by atoms with Crippen LogP contribution in [0, 0.1) is 6.92 Å². The van der Waals surface area contributed by atoms with E-state index in [0.717, 1.165) is 29.4 Å². The van der Waals surface area contributed by atoms with Crippen molar-refractivity contribution in [1.29, 1.82) is 0 Å². The Morgan fingerprint density at radius 2 is 2.54 bits per heavy atom. The summed E-state index contributed by atoms with van der Waals surface area (Å²) in [5.41, 5.74) is 8.85. The lowest BCUT2D eigenvalue weighted by atomic mass is 10.2. The molecule has 3 nitrogen and oxygen atoms in total. The van der Waals surface area contributed by atoms with Gasteiger partial charge in [-0.05, 0) is 13.0 Å². The molecule has 0 aromatic carbocycles. The predicted octanol–water partition coefficient (Wildman–Crippen LogP) is 1.76. The highest BCUT2D eigenvalue weighted by Crippen LogP contribution is 2.28. The lowest BCUT2D eigenvalue weighted by molar-refractivity contribution is 0.226. The monoisotopic (exact) mass is 196 g/mol. The Kier molecular flexibility index (Phi) is 2.33. The minimum atomic E-state index is -0.116. The van der Waals surface area contributed by atoms with Gasteiger partial charge in [0.2, 0.25) is 0 Å². The van der Waals surface area contributed by atoms with Crippen molar-refractivity contribution in [2.75, 3.05) is 6.61 Å². The zero-order valence-electron chi connectivity index (χ0n) is 7.49. The Balaban J connectivity index is 2.21. The maximum atomic E-state index is 6.02. The van der Waals surface area contributed by atoms with Crippen molar-refractivity contribution >= 4 is 11.3 Å². The smallest absolute Gasteiger partial charge is 0.114 e. The first-order valence-corrected chi connectivity index (χ1v) is 5.15. The molecule has 1 aliphatic heterocycles. The van der Waals surface area contributed by atoms with E-state index in [1.165, 1.54) is 0 Å². The van der Waals surface area contributed by atoms with Crippen molar-refractivity contribution in [1.82, 2.24) is 4.98 Å². The quantitative estimate of drug-likeness (QED) is 0.784. The van der Waals surface area contributed by atoms with Gasteiger partial charge in [-0.25, -0.2) is 4.98 Å². The predicted molar refractivity (Wildman–Crippen MR) is 52.4 cm³/mol. The number of rotatable bonds is 2. The van der Waals surface area contributed by atoms with Gasteiger partial charge in [0.25, 0.3) is 0 Å². The molecule has 1 aromatic heterocycles. The van der Waals surface area contributed by atoms with Crippen molar-refractivity contribution in [2.24, 2.45) is 5.73 Å². The molecule has 0 aliphatic carbocycles. The molecule has 1 atom stereocenters. The van der Waals surface area contributed by atoms with Crippen LogP contribution < -0.4 is 5.73 Å². The molecule has 13 heavy (non-hydrogen) atoms. The molecule has 1 unspecified atom stereocenters. The van der Waals surface area contributed by atoms with E-state index in [4.69, 9.17) is 10.5 Å². The van der Waals surface area contributed by atoms with Crippen molar-refractivity contribution in [2.45, 2.75) is 19.4 Å². The van der Waals surface area contributed by atoms with E-state index < -0.39 is 0 Å². The highest BCUT2D eigenvalue weighted by molar-refractivity contribution is 7.09. The Morgan fingerprint density at radius 1 is 1.69 bits per heavy atom. The molecule has 1 aromatic rings. The minimum absolute atomic E-state index is 0.116. The number of nitrogens with two attached hydrogens (primary N) is 1. The fourth-order valence-corrected chi connectivity index (χ4v) is 2.20. The second kappa shape index (κ2) is 3.47. The van der Waals surface area contributed by atoms with E-state index in [1.54, 1.807) is 11.3 Å². The third-order valence-electron chi connectivity index (χ3n) is 2.10. The SMILES string of the molecule is Cc1ncsc1C(N)C1=CCCO1. The van der Waals surface area contributed by atoms with Crippen molar-refractivity contribution in [3.05, 3.63) is 27.9 Å². The van der Waals surface area contributed by atoms with Gasteiger partial charge in [-0.3, -0.25) is 0 Å². The minimum Gasteiger partial charge on any atom is -0.496 e. The number of aromatic nitrogens is 1. The number of hydrogen-bond donors (Lipinski definition) is 1. The van der Waals surface area contributed by atoms with Gasteiger partial charge in [0.15, 0.2) is 0 Å². The molecular formula is C9H12N2OS. The highest BCUT2D eigenvalue weighted by atomic mass is 32.1. The average Bonchev–Trinajstić information content (AvgIpc) is 2.72. The van der Waals surface area contributed by atoms with Gasteiger partial charge in [-0.1, -0.05) is 0 Å². The van der Waals surface area contributed by atoms with Crippen molar-refractivity contribution in [3.63, 3.8) is 0 Å². The largest absolute Gasteiger partial charge is 0.496 e. The number of hydrogen-bond acceptors (Lipinski definition) is 4. The lowest BCUT2D eigenvalue weighted by Gasteiger charge is -2.11. The van der Waals surface area contributed by atoms with E-state index in [2.05, 4.69) is 11.1 Å². The molecule has 4 heteroatoms. The van der Waals surface area contributed by atoms with Gasteiger partial charge < -0.3 is 10.5 Å². The fourth-order valence-electron chi connectivity index (χ4n) is 1.39. The third kappa shape index (κ3) is 1.59. The summed E-state index contributed by atoms with van der Waals surface area (Å²) in [6.45, 7) is 2.74. The molecule has 0 bridgehead atoms. The topological polar surface area (TPSA) is 48.1 Å². The molecule has 0 saturated heterocycles. The van der Waals surface area contributed by atoms with Crippen molar-refractivity contribution < 1.29 is 4.74 Å². The first-order chi connectivity index (χ1) is 6.29. The van der Waals surface area contributed by atoms with E-state index >= 15 is 0 Å². The fraction of sp³-hybridized carbons (Fsp3) is 0.444. The number of aryl methyl sites for hydroxylation is 1. The van der Waals surface area contributed by atoms with Gasteiger partial charge in [0.05, 0.1) is 28.7 Å². The molecule has 70 valence electrons. The Hall–Kier alpha value is -0.870. The molecule has 0 amide bonds. The zero-order valence-corrected chi connectivity index (χ0v) is 8.30. The number of ether oxygens (including phenoxy) is 1.